The van der Waals surface area contributed by atoms with Gasteiger partial charge in [-0.3, -0.25) is 0 Å². The van der Waals surface area contributed by atoms with Crippen LogP contribution in [-0.2, 0) is 0 Å². The van der Waals surface area contributed by atoms with E-state index < -0.39 is 0 Å². The largest absolute Gasteiger partial charge is 0.369 e. The fourth-order valence-corrected chi connectivity index (χ4v) is 3.23. The number of nitrogens with one attached hydrogen (secondary N) is 1. The molecule has 0 aliphatic carbocycles. The van der Waals surface area contributed by atoms with Crippen LogP contribution in [-0.4, -0.2) is 66.1 Å². The quantitative estimate of drug-likeness (QED) is 0.784. The summed E-state index contributed by atoms with van der Waals surface area (Å²) in [4.78, 5) is 14.4. The fraction of sp³-hybridized carbons (Fsp3) is 0.600. The number of benzene rings is 1. The van der Waals surface area contributed by atoms with Crippen LogP contribution in [0, 0.1) is 0 Å². The molecule has 0 amide bonds. The lowest BCUT2D eigenvalue weighted by molar-refractivity contribution is 0.152. The summed E-state index contributed by atoms with van der Waals surface area (Å²) in [7, 11) is 2.21. The molecule has 1 aromatic carbocycles. The number of unbranched alkanes of at least 4 members (excludes halogenated alkanes) is 1. The van der Waals surface area contributed by atoms with Crippen LogP contribution in [0.5, 0.6) is 0 Å². The number of aromatic nitrogens is 2. The van der Waals surface area contributed by atoms with Gasteiger partial charge in [-0.1, -0.05) is 26.0 Å². The number of fused-ring (bicyclic) bond motifs is 1. The van der Waals surface area contributed by atoms with Crippen LogP contribution in [0.25, 0.3) is 10.9 Å². The van der Waals surface area contributed by atoms with Crippen LogP contribution in [0.15, 0.2) is 24.3 Å². The number of piperazine rings is 1. The Bertz CT molecular complexity index is 677. The Labute approximate surface area is 151 Å². The van der Waals surface area contributed by atoms with Crippen molar-refractivity contribution in [3.63, 3.8) is 0 Å². The highest BCUT2D eigenvalue weighted by Crippen LogP contribution is 2.22. The maximum Gasteiger partial charge on any atom is 0.137 e. The number of nitrogens with zero attached hydrogens (tertiary/aromatic N) is 4. The molecule has 3 rings (SSSR count). The van der Waals surface area contributed by atoms with Gasteiger partial charge in [0.1, 0.15) is 11.6 Å². The molecule has 0 bridgehead atoms. The second-order valence-electron chi connectivity index (χ2n) is 7.38. The Morgan fingerprint density at radius 2 is 1.80 bits per heavy atom. The zero-order valence-corrected chi connectivity index (χ0v) is 15.8. The zero-order chi connectivity index (χ0) is 17.6. The molecule has 25 heavy (non-hydrogen) atoms. The van der Waals surface area contributed by atoms with E-state index in [9.17, 15) is 0 Å². The minimum atomic E-state index is 0.336. The fourth-order valence-electron chi connectivity index (χ4n) is 3.23. The first-order valence-electron chi connectivity index (χ1n) is 9.55. The minimum Gasteiger partial charge on any atom is -0.369 e. The van der Waals surface area contributed by atoms with Crippen LogP contribution in [0.1, 0.15) is 38.4 Å². The number of para-hydroxylation sites is 1. The van der Waals surface area contributed by atoms with Gasteiger partial charge in [-0.25, -0.2) is 9.97 Å². The minimum absolute atomic E-state index is 0.336. The molecule has 0 atom stereocenters. The Balaban J connectivity index is 1.52. The van der Waals surface area contributed by atoms with E-state index in [2.05, 4.69) is 59.2 Å². The van der Waals surface area contributed by atoms with Gasteiger partial charge < -0.3 is 15.1 Å². The predicted molar refractivity (Wildman–Crippen MR) is 105 cm³/mol. The predicted octanol–water partition coefficient (Wildman–Crippen LogP) is 3.19. The summed E-state index contributed by atoms with van der Waals surface area (Å²) >= 11 is 0. The van der Waals surface area contributed by atoms with Gasteiger partial charge >= 0.3 is 0 Å². The molecule has 2 heterocycles. The molecular formula is C20H31N5. The van der Waals surface area contributed by atoms with Gasteiger partial charge in [-0.15, -0.1) is 0 Å². The van der Waals surface area contributed by atoms with Gasteiger partial charge in [-0.05, 0) is 38.6 Å². The molecule has 0 spiro atoms. The van der Waals surface area contributed by atoms with Crippen molar-refractivity contribution in [2.75, 3.05) is 51.6 Å². The van der Waals surface area contributed by atoms with Crippen molar-refractivity contribution in [3.8, 4) is 0 Å². The Hall–Kier alpha value is -1.72. The molecule has 1 aromatic heterocycles. The van der Waals surface area contributed by atoms with Crippen molar-refractivity contribution in [2.24, 2.45) is 0 Å². The van der Waals surface area contributed by atoms with E-state index in [4.69, 9.17) is 4.98 Å². The van der Waals surface area contributed by atoms with Gasteiger partial charge in [-0.2, -0.15) is 0 Å². The Morgan fingerprint density at radius 1 is 1.04 bits per heavy atom. The van der Waals surface area contributed by atoms with Crippen molar-refractivity contribution >= 4 is 16.7 Å². The first kappa shape index (κ1) is 18.1. The average Bonchev–Trinajstić information content (AvgIpc) is 2.62. The van der Waals surface area contributed by atoms with Crippen LogP contribution in [0.3, 0.4) is 0 Å². The smallest absolute Gasteiger partial charge is 0.137 e. The maximum absolute atomic E-state index is 4.76. The van der Waals surface area contributed by atoms with Gasteiger partial charge in [0, 0.05) is 44.0 Å². The Kier molecular flexibility index (Phi) is 6.21. The molecule has 0 saturated carbocycles. The van der Waals surface area contributed by atoms with Crippen molar-refractivity contribution in [2.45, 2.75) is 32.6 Å². The van der Waals surface area contributed by atoms with Gasteiger partial charge in [0.15, 0.2) is 0 Å². The zero-order valence-electron chi connectivity index (χ0n) is 15.8. The summed E-state index contributed by atoms with van der Waals surface area (Å²) < 4.78 is 0. The van der Waals surface area contributed by atoms with Gasteiger partial charge in [0.2, 0.25) is 0 Å². The normalized spacial score (nSPS) is 16.6. The third kappa shape index (κ3) is 4.89. The van der Waals surface area contributed by atoms with Crippen LogP contribution < -0.4 is 5.32 Å². The topological polar surface area (TPSA) is 44.3 Å². The first-order valence-corrected chi connectivity index (χ1v) is 9.55. The number of likely N-dealkylation sites (N-methyl/N-ethyl adjacent to an activating group) is 1. The van der Waals surface area contributed by atoms with Crippen molar-refractivity contribution in [3.05, 3.63) is 30.1 Å². The average molecular weight is 342 g/mol. The van der Waals surface area contributed by atoms with Gasteiger partial charge in [0.05, 0.1) is 5.52 Å². The summed E-state index contributed by atoms with van der Waals surface area (Å²) in [5.74, 6) is 2.23. The standard InChI is InChI=1S/C20H31N5/c1-16(2)19-22-18-9-5-4-8-17(18)20(23-19)21-10-6-7-11-25-14-12-24(3)13-15-25/h4-5,8-9,16H,6-7,10-15H2,1-3H3,(H,21,22,23). The lowest BCUT2D eigenvalue weighted by atomic mass is 10.1. The summed E-state index contributed by atoms with van der Waals surface area (Å²) in [5, 5.41) is 4.67. The lowest BCUT2D eigenvalue weighted by Gasteiger charge is -2.32. The third-order valence-electron chi connectivity index (χ3n) is 4.93. The molecule has 1 aliphatic rings. The maximum atomic E-state index is 4.76. The summed E-state index contributed by atoms with van der Waals surface area (Å²) in [6.45, 7) is 11.3. The number of rotatable bonds is 7. The molecule has 136 valence electrons. The monoisotopic (exact) mass is 341 g/mol. The molecule has 1 N–H and O–H groups in total. The van der Waals surface area contributed by atoms with Crippen molar-refractivity contribution in [1.82, 2.24) is 19.8 Å². The van der Waals surface area contributed by atoms with E-state index in [-0.39, 0.29) is 0 Å². The van der Waals surface area contributed by atoms with E-state index >= 15 is 0 Å². The van der Waals surface area contributed by atoms with E-state index in [1.165, 1.54) is 45.6 Å². The third-order valence-corrected chi connectivity index (χ3v) is 4.93. The SMILES string of the molecule is CC(C)c1nc(NCCCCN2CCN(C)CC2)c2ccccc2n1. The van der Waals surface area contributed by atoms with Crippen LogP contribution >= 0.6 is 0 Å². The first-order chi connectivity index (χ1) is 12.1. The number of hydrogen-bond acceptors (Lipinski definition) is 5. The van der Waals surface area contributed by atoms with Crippen LogP contribution in [0.4, 0.5) is 5.82 Å². The van der Waals surface area contributed by atoms with E-state index in [0.29, 0.717) is 5.92 Å². The van der Waals surface area contributed by atoms with Crippen molar-refractivity contribution in [1.29, 1.82) is 0 Å². The van der Waals surface area contributed by atoms with E-state index in [0.717, 1.165) is 29.1 Å². The van der Waals surface area contributed by atoms with E-state index in [1.54, 1.807) is 0 Å². The number of anilines is 1. The lowest BCUT2D eigenvalue weighted by Crippen LogP contribution is -2.44. The highest BCUT2D eigenvalue weighted by molar-refractivity contribution is 5.89. The highest BCUT2D eigenvalue weighted by Gasteiger charge is 2.13. The molecule has 1 saturated heterocycles. The summed E-state index contributed by atoms with van der Waals surface area (Å²) in [6, 6.07) is 8.27. The number of hydrogen-bond donors (Lipinski definition) is 1. The molecule has 1 fully saturated rings. The van der Waals surface area contributed by atoms with Crippen LogP contribution in [0.2, 0.25) is 0 Å². The Morgan fingerprint density at radius 3 is 2.56 bits per heavy atom. The van der Waals surface area contributed by atoms with Crippen molar-refractivity contribution < 1.29 is 0 Å². The molecular weight excluding hydrogens is 310 g/mol. The van der Waals surface area contributed by atoms with E-state index in [1.807, 2.05) is 6.07 Å². The summed E-state index contributed by atoms with van der Waals surface area (Å²) in [6.07, 6.45) is 2.40. The molecule has 0 radical (unpaired) electrons. The molecule has 0 unspecified atom stereocenters. The van der Waals surface area contributed by atoms with Gasteiger partial charge in [0.25, 0.3) is 0 Å². The highest BCUT2D eigenvalue weighted by atomic mass is 15.2. The summed E-state index contributed by atoms with van der Waals surface area (Å²) in [5.41, 5.74) is 1.03. The molecule has 5 heteroatoms. The molecule has 5 nitrogen and oxygen atoms in total. The molecule has 1 aliphatic heterocycles. The second kappa shape index (κ2) is 8.59. The second-order valence-corrected chi connectivity index (χ2v) is 7.38. The molecule has 2 aromatic rings.